The lowest BCUT2D eigenvalue weighted by Crippen LogP contribution is -2.24. The topological polar surface area (TPSA) is 21.3 Å². The van der Waals surface area contributed by atoms with Crippen LogP contribution in [0.25, 0.3) is 0 Å². The molecule has 0 amide bonds. The fraction of sp³-hybridized carbons (Fsp3) is 0.538. The second-order valence-electron chi connectivity index (χ2n) is 4.68. The first-order valence-electron chi connectivity index (χ1n) is 6.13. The van der Waals surface area contributed by atoms with Gasteiger partial charge in [-0.1, -0.05) is 12.1 Å². The average molecular weight is 294 g/mol. The average Bonchev–Trinajstić information content (AvgIpc) is 3.13. The van der Waals surface area contributed by atoms with Crippen LogP contribution in [0, 0.1) is 5.92 Å². The van der Waals surface area contributed by atoms with Gasteiger partial charge < -0.3 is 10.1 Å². The van der Waals surface area contributed by atoms with Gasteiger partial charge in [-0.05, 0) is 36.5 Å². The lowest BCUT2D eigenvalue weighted by atomic mass is 10.2. The summed E-state index contributed by atoms with van der Waals surface area (Å²) in [5.74, 6) is 0.418. The Morgan fingerprint density at radius 1 is 1.26 bits per heavy atom. The first kappa shape index (κ1) is 14.5. The molecule has 1 aromatic carbocycles. The SMILES string of the molecule is FC(F)(F)Oc1ccc(CNCC(Cl)C2CC2)cc1. The Balaban J connectivity index is 1.75. The smallest absolute Gasteiger partial charge is 0.406 e. The number of alkyl halides is 4. The lowest BCUT2D eigenvalue weighted by Gasteiger charge is -2.11. The van der Waals surface area contributed by atoms with Crippen LogP contribution in [0.1, 0.15) is 18.4 Å². The molecular formula is C13H15ClF3NO. The van der Waals surface area contributed by atoms with Crippen molar-refractivity contribution >= 4 is 11.6 Å². The predicted molar refractivity (Wildman–Crippen MR) is 67.2 cm³/mol. The van der Waals surface area contributed by atoms with Crippen LogP contribution in [0.4, 0.5) is 13.2 Å². The summed E-state index contributed by atoms with van der Waals surface area (Å²) in [7, 11) is 0. The van der Waals surface area contributed by atoms with E-state index in [9.17, 15) is 13.2 Å². The molecular weight excluding hydrogens is 279 g/mol. The molecule has 2 rings (SSSR count). The molecule has 1 aromatic rings. The summed E-state index contributed by atoms with van der Waals surface area (Å²) in [5, 5.41) is 3.34. The van der Waals surface area contributed by atoms with Gasteiger partial charge in [0, 0.05) is 18.5 Å². The van der Waals surface area contributed by atoms with E-state index in [1.165, 1.54) is 25.0 Å². The minimum atomic E-state index is -4.64. The zero-order valence-electron chi connectivity index (χ0n) is 10.2. The van der Waals surface area contributed by atoms with Crippen molar-refractivity contribution in [1.82, 2.24) is 5.32 Å². The van der Waals surface area contributed by atoms with Crippen molar-refractivity contribution in [3.8, 4) is 5.75 Å². The van der Waals surface area contributed by atoms with Gasteiger partial charge in [-0.3, -0.25) is 0 Å². The van der Waals surface area contributed by atoms with Crippen molar-refractivity contribution in [2.45, 2.75) is 31.1 Å². The van der Waals surface area contributed by atoms with Crippen LogP contribution in [0.5, 0.6) is 5.75 Å². The fourth-order valence-electron chi connectivity index (χ4n) is 1.79. The highest BCUT2D eigenvalue weighted by Crippen LogP contribution is 2.35. The molecule has 1 saturated carbocycles. The van der Waals surface area contributed by atoms with Gasteiger partial charge in [0.05, 0.1) is 0 Å². The van der Waals surface area contributed by atoms with Crippen LogP contribution < -0.4 is 10.1 Å². The van der Waals surface area contributed by atoms with Gasteiger partial charge in [-0.2, -0.15) is 0 Å². The Kier molecular flexibility index (Phi) is 4.58. The largest absolute Gasteiger partial charge is 0.573 e. The number of ether oxygens (including phenoxy) is 1. The number of nitrogens with one attached hydrogen (secondary N) is 1. The second kappa shape index (κ2) is 6.01. The van der Waals surface area contributed by atoms with Crippen LogP contribution >= 0.6 is 11.6 Å². The van der Waals surface area contributed by atoms with Gasteiger partial charge >= 0.3 is 6.36 Å². The van der Waals surface area contributed by atoms with Gasteiger partial charge in [0.1, 0.15) is 5.75 Å². The summed E-state index contributed by atoms with van der Waals surface area (Å²) in [4.78, 5) is 0. The van der Waals surface area contributed by atoms with Gasteiger partial charge in [0.15, 0.2) is 0 Å². The van der Waals surface area contributed by atoms with Crippen LogP contribution in [0.15, 0.2) is 24.3 Å². The van der Waals surface area contributed by atoms with E-state index in [4.69, 9.17) is 11.6 Å². The third-order valence-electron chi connectivity index (χ3n) is 2.96. The minimum Gasteiger partial charge on any atom is -0.406 e. The monoisotopic (exact) mass is 293 g/mol. The van der Waals surface area contributed by atoms with E-state index in [0.717, 1.165) is 5.56 Å². The maximum Gasteiger partial charge on any atom is 0.573 e. The molecule has 0 bridgehead atoms. The van der Waals surface area contributed by atoms with Crippen LogP contribution in [-0.2, 0) is 6.54 Å². The Hall–Kier alpha value is -0.940. The molecule has 1 atom stereocenters. The second-order valence-corrected chi connectivity index (χ2v) is 5.24. The van der Waals surface area contributed by atoms with E-state index in [2.05, 4.69) is 10.1 Å². The molecule has 1 aliphatic carbocycles. The van der Waals surface area contributed by atoms with Gasteiger partial charge in [0.25, 0.3) is 0 Å². The molecule has 19 heavy (non-hydrogen) atoms. The Morgan fingerprint density at radius 3 is 2.42 bits per heavy atom. The van der Waals surface area contributed by atoms with Crippen LogP contribution in [0.2, 0.25) is 0 Å². The molecule has 1 fully saturated rings. The fourth-order valence-corrected chi connectivity index (χ4v) is 2.15. The Morgan fingerprint density at radius 2 is 1.89 bits per heavy atom. The first-order valence-corrected chi connectivity index (χ1v) is 6.57. The van der Waals surface area contributed by atoms with Crippen molar-refractivity contribution in [3.63, 3.8) is 0 Å². The molecule has 0 aromatic heterocycles. The number of halogens is 4. The van der Waals surface area contributed by atoms with Crippen LogP contribution in [-0.4, -0.2) is 18.3 Å². The molecule has 6 heteroatoms. The highest BCUT2D eigenvalue weighted by Gasteiger charge is 2.31. The maximum atomic E-state index is 12.0. The maximum absolute atomic E-state index is 12.0. The minimum absolute atomic E-state index is 0.146. The van der Waals surface area contributed by atoms with Crippen molar-refractivity contribution in [3.05, 3.63) is 29.8 Å². The Labute approximate surface area is 114 Å². The quantitative estimate of drug-likeness (QED) is 0.808. The van der Waals surface area contributed by atoms with Crippen molar-refractivity contribution in [2.24, 2.45) is 5.92 Å². The van der Waals surface area contributed by atoms with E-state index >= 15 is 0 Å². The molecule has 1 unspecified atom stereocenters. The lowest BCUT2D eigenvalue weighted by molar-refractivity contribution is -0.274. The van der Waals surface area contributed by atoms with Crippen molar-refractivity contribution < 1.29 is 17.9 Å². The van der Waals surface area contributed by atoms with E-state index < -0.39 is 6.36 Å². The highest BCUT2D eigenvalue weighted by molar-refractivity contribution is 6.21. The zero-order chi connectivity index (χ0) is 13.9. The molecule has 1 aliphatic rings. The van der Waals surface area contributed by atoms with Gasteiger partial charge in [-0.15, -0.1) is 24.8 Å². The first-order chi connectivity index (χ1) is 8.94. The number of hydrogen-bond acceptors (Lipinski definition) is 2. The summed E-state index contributed by atoms with van der Waals surface area (Å²) in [6, 6.07) is 5.83. The standard InChI is InChI=1S/C13H15ClF3NO/c14-12(10-3-4-10)8-18-7-9-1-5-11(6-2-9)19-13(15,16)17/h1-2,5-6,10,12,18H,3-4,7-8H2. The molecule has 0 saturated heterocycles. The molecule has 0 radical (unpaired) electrons. The summed E-state index contributed by atoms with van der Waals surface area (Å²) >= 11 is 6.13. The van der Waals surface area contributed by atoms with Crippen LogP contribution in [0.3, 0.4) is 0 Å². The predicted octanol–water partition coefficient (Wildman–Crippen LogP) is 3.69. The molecule has 106 valence electrons. The van der Waals surface area contributed by atoms with E-state index in [-0.39, 0.29) is 11.1 Å². The Bertz CT molecular complexity index is 403. The molecule has 0 spiro atoms. The van der Waals surface area contributed by atoms with Gasteiger partial charge in [-0.25, -0.2) is 0 Å². The zero-order valence-corrected chi connectivity index (χ0v) is 11.0. The summed E-state index contributed by atoms with van der Waals surface area (Å²) < 4.78 is 39.7. The van der Waals surface area contributed by atoms with E-state index in [1.54, 1.807) is 12.1 Å². The molecule has 0 heterocycles. The van der Waals surface area contributed by atoms with Crippen molar-refractivity contribution in [1.29, 1.82) is 0 Å². The van der Waals surface area contributed by atoms with E-state index in [0.29, 0.717) is 19.0 Å². The van der Waals surface area contributed by atoms with E-state index in [1.807, 2.05) is 0 Å². The number of rotatable bonds is 6. The normalized spacial score (nSPS) is 17.3. The molecule has 1 N–H and O–H groups in total. The van der Waals surface area contributed by atoms with Gasteiger partial charge in [0.2, 0.25) is 0 Å². The third-order valence-corrected chi connectivity index (χ3v) is 3.47. The summed E-state index contributed by atoms with van der Waals surface area (Å²) in [6.45, 7) is 1.30. The highest BCUT2D eigenvalue weighted by atomic mass is 35.5. The third kappa shape index (κ3) is 5.28. The number of benzene rings is 1. The van der Waals surface area contributed by atoms with Crippen molar-refractivity contribution in [2.75, 3.05) is 6.54 Å². The summed E-state index contributed by atoms with van der Waals surface area (Å²) in [5.41, 5.74) is 0.897. The molecule has 2 nitrogen and oxygen atoms in total. The molecule has 0 aliphatic heterocycles. The summed E-state index contributed by atoms with van der Waals surface area (Å²) in [6.07, 6.45) is -2.26. The number of hydrogen-bond donors (Lipinski definition) is 1.